The summed E-state index contributed by atoms with van der Waals surface area (Å²) < 4.78 is 0. The van der Waals surface area contributed by atoms with Gasteiger partial charge in [0.25, 0.3) is 0 Å². The lowest BCUT2D eigenvalue weighted by molar-refractivity contribution is 0.101. The average molecular weight is 244 g/mol. The molecular weight excluding hydrogens is 238 g/mol. The minimum atomic E-state index is -0.120. The van der Waals surface area contributed by atoms with Crippen molar-refractivity contribution in [2.75, 3.05) is 5.88 Å². The van der Waals surface area contributed by atoms with Crippen molar-refractivity contribution in [3.63, 3.8) is 0 Å². The van der Waals surface area contributed by atoms with E-state index in [9.17, 15) is 4.79 Å². The molecule has 0 amide bonds. The Morgan fingerprint density at radius 2 is 2.36 bits per heavy atom. The second kappa shape index (κ2) is 4.21. The minimum Gasteiger partial charge on any atom is -0.291 e. The van der Waals surface area contributed by atoms with Gasteiger partial charge in [0.05, 0.1) is 10.8 Å². The van der Waals surface area contributed by atoms with E-state index in [1.54, 1.807) is 16.7 Å². The molecule has 2 rings (SSSR count). The van der Waals surface area contributed by atoms with Crippen LogP contribution in [0.2, 0.25) is 0 Å². The summed E-state index contributed by atoms with van der Waals surface area (Å²) >= 11 is 8.52. The van der Waals surface area contributed by atoms with Gasteiger partial charge in [-0.2, -0.15) is 0 Å². The van der Waals surface area contributed by atoms with Crippen molar-refractivity contribution in [1.82, 2.24) is 4.98 Å². The van der Waals surface area contributed by atoms with Gasteiger partial charge in [-0.15, -0.1) is 34.3 Å². The molecule has 0 aromatic carbocycles. The number of carbonyl (C=O) groups excluding carboxylic acids is 1. The lowest BCUT2D eigenvalue weighted by Gasteiger charge is -1.88. The Balaban J connectivity index is 2.31. The summed E-state index contributed by atoms with van der Waals surface area (Å²) in [6.45, 7) is 0. The molecule has 0 aliphatic carbocycles. The van der Waals surface area contributed by atoms with Gasteiger partial charge >= 0.3 is 0 Å². The zero-order chi connectivity index (χ0) is 9.97. The summed E-state index contributed by atoms with van der Waals surface area (Å²) in [4.78, 5) is 16.5. The number of Topliss-reactive ketones (excluding diaryl/α,β-unsaturated/α-hetero) is 1. The lowest BCUT2D eigenvalue weighted by Crippen LogP contribution is -1.99. The third kappa shape index (κ3) is 1.87. The summed E-state index contributed by atoms with van der Waals surface area (Å²) in [5, 5.41) is 4.62. The van der Waals surface area contributed by atoms with Crippen molar-refractivity contribution in [3.8, 4) is 9.88 Å². The molecule has 0 atom stereocenters. The molecule has 14 heavy (non-hydrogen) atoms. The molecule has 0 bridgehead atoms. The Labute approximate surface area is 94.2 Å². The number of aromatic nitrogens is 1. The van der Waals surface area contributed by atoms with Gasteiger partial charge in [0.1, 0.15) is 10.7 Å². The van der Waals surface area contributed by atoms with Crippen LogP contribution in [0.4, 0.5) is 0 Å². The number of rotatable bonds is 3. The Morgan fingerprint density at radius 3 is 3.00 bits per heavy atom. The third-order valence-corrected chi connectivity index (χ3v) is 3.77. The van der Waals surface area contributed by atoms with Crippen LogP contribution in [-0.4, -0.2) is 16.6 Å². The van der Waals surface area contributed by atoms with Crippen molar-refractivity contribution < 1.29 is 4.79 Å². The van der Waals surface area contributed by atoms with Crippen LogP contribution in [0.3, 0.4) is 0 Å². The topological polar surface area (TPSA) is 30.0 Å². The number of ketones is 1. The van der Waals surface area contributed by atoms with E-state index in [-0.39, 0.29) is 11.7 Å². The second-order valence-electron chi connectivity index (χ2n) is 2.57. The SMILES string of the molecule is O=C(CCl)c1csc(-c2cccs2)n1. The van der Waals surface area contributed by atoms with Crippen LogP contribution in [-0.2, 0) is 0 Å². The maximum atomic E-state index is 11.2. The van der Waals surface area contributed by atoms with Crippen LogP contribution in [0.1, 0.15) is 10.5 Å². The van der Waals surface area contributed by atoms with Crippen molar-refractivity contribution in [2.24, 2.45) is 0 Å². The zero-order valence-electron chi connectivity index (χ0n) is 7.07. The smallest absolute Gasteiger partial charge is 0.196 e. The molecule has 0 fully saturated rings. The fraction of sp³-hybridized carbons (Fsp3) is 0.111. The predicted molar refractivity (Wildman–Crippen MR) is 60.5 cm³/mol. The quantitative estimate of drug-likeness (QED) is 0.612. The van der Waals surface area contributed by atoms with Gasteiger partial charge in [-0.25, -0.2) is 4.98 Å². The van der Waals surface area contributed by atoms with Crippen molar-refractivity contribution in [2.45, 2.75) is 0 Å². The maximum absolute atomic E-state index is 11.2. The normalized spacial score (nSPS) is 10.4. The zero-order valence-corrected chi connectivity index (χ0v) is 9.46. The number of hydrogen-bond acceptors (Lipinski definition) is 4. The highest BCUT2D eigenvalue weighted by molar-refractivity contribution is 7.20. The highest BCUT2D eigenvalue weighted by Crippen LogP contribution is 2.27. The molecule has 72 valence electrons. The number of nitrogens with zero attached hydrogens (tertiary/aromatic N) is 1. The molecule has 0 unspecified atom stereocenters. The number of halogens is 1. The Hall–Kier alpha value is -0.710. The van der Waals surface area contributed by atoms with Crippen molar-refractivity contribution >= 4 is 40.1 Å². The largest absolute Gasteiger partial charge is 0.291 e. The second-order valence-corrected chi connectivity index (χ2v) is 4.65. The minimum absolute atomic E-state index is 0.00634. The molecule has 0 N–H and O–H groups in total. The Bertz CT molecular complexity index is 435. The first kappa shape index (κ1) is 9.83. The molecule has 0 radical (unpaired) electrons. The molecule has 0 saturated heterocycles. The summed E-state index contributed by atoms with van der Waals surface area (Å²) in [7, 11) is 0. The van der Waals surface area contributed by atoms with Gasteiger partial charge < -0.3 is 0 Å². The third-order valence-electron chi connectivity index (χ3n) is 1.64. The standard InChI is InChI=1S/C9H6ClNOS2/c10-4-7(12)6-5-14-9(11-6)8-2-1-3-13-8/h1-3,5H,4H2. The van der Waals surface area contributed by atoms with Gasteiger partial charge in [-0.3, -0.25) is 4.79 Å². The number of carbonyl (C=O) groups is 1. The summed E-state index contributed by atoms with van der Waals surface area (Å²) in [5.74, 6) is -0.126. The number of thiophene rings is 1. The van der Waals surface area contributed by atoms with Gasteiger partial charge in [-0.05, 0) is 11.4 Å². The molecule has 0 aliphatic heterocycles. The van der Waals surface area contributed by atoms with Gasteiger partial charge in [0.2, 0.25) is 0 Å². The molecular formula is C9H6ClNOS2. The summed E-state index contributed by atoms with van der Waals surface area (Å²) in [5.41, 5.74) is 0.466. The Morgan fingerprint density at radius 1 is 1.50 bits per heavy atom. The molecule has 5 heteroatoms. The molecule has 0 aliphatic rings. The van der Waals surface area contributed by atoms with Crippen LogP contribution in [0.5, 0.6) is 0 Å². The lowest BCUT2D eigenvalue weighted by atomic mass is 10.3. The predicted octanol–water partition coefficient (Wildman–Crippen LogP) is 3.29. The van der Waals surface area contributed by atoms with Crippen molar-refractivity contribution in [3.05, 3.63) is 28.6 Å². The van der Waals surface area contributed by atoms with E-state index in [1.807, 2.05) is 17.5 Å². The molecule has 2 aromatic rings. The first-order chi connectivity index (χ1) is 6.81. The number of hydrogen-bond donors (Lipinski definition) is 0. The van der Waals surface area contributed by atoms with Gasteiger partial charge in [0, 0.05) is 5.38 Å². The van der Waals surface area contributed by atoms with Crippen LogP contribution < -0.4 is 0 Å². The molecule has 2 heterocycles. The van der Waals surface area contributed by atoms with E-state index in [0.29, 0.717) is 5.69 Å². The highest BCUT2D eigenvalue weighted by atomic mass is 35.5. The highest BCUT2D eigenvalue weighted by Gasteiger charge is 2.10. The summed E-state index contributed by atoms with van der Waals surface area (Å²) in [6, 6.07) is 3.95. The van der Waals surface area contributed by atoms with E-state index in [0.717, 1.165) is 9.88 Å². The monoisotopic (exact) mass is 243 g/mol. The maximum Gasteiger partial charge on any atom is 0.196 e. The van der Waals surface area contributed by atoms with Crippen molar-refractivity contribution in [1.29, 1.82) is 0 Å². The van der Waals surface area contributed by atoms with E-state index in [1.165, 1.54) is 11.3 Å². The van der Waals surface area contributed by atoms with Gasteiger partial charge in [-0.1, -0.05) is 6.07 Å². The first-order valence-corrected chi connectivity index (χ1v) is 6.19. The van der Waals surface area contributed by atoms with Crippen LogP contribution >= 0.6 is 34.3 Å². The van der Waals surface area contributed by atoms with Crippen LogP contribution in [0.15, 0.2) is 22.9 Å². The van der Waals surface area contributed by atoms with E-state index >= 15 is 0 Å². The van der Waals surface area contributed by atoms with Gasteiger partial charge in [0.15, 0.2) is 5.78 Å². The van der Waals surface area contributed by atoms with Crippen LogP contribution in [0.25, 0.3) is 9.88 Å². The number of thiazole rings is 1. The Kier molecular flexibility index (Phi) is 2.96. The van der Waals surface area contributed by atoms with E-state index < -0.39 is 0 Å². The summed E-state index contributed by atoms with van der Waals surface area (Å²) in [6.07, 6.45) is 0. The van der Waals surface area contributed by atoms with E-state index in [4.69, 9.17) is 11.6 Å². The average Bonchev–Trinajstić information content (AvgIpc) is 2.86. The van der Waals surface area contributed by atoms with E-state index in [2.05, 4.69) is 4.98 Å². The number of alkyl halides is 1. The molecule has 0 spiro atoms. The molecule has 2 aromatic heterocycles. The fourth-order valence-electron chi connectivity index (χ4n) is 0.984. The molecule has 0 saturated carbocycles. The molecule has 2 nitrogen and oxygen atoms in total. The van der Waals surface area contributed by atoms with Crippen LogP contribution in [0, 0.1) is 0 Å². The first-order valence-electron chi connectivity index (χ1n) is 3.90. The fourth-order valence-corrected chi connectivity index (χ4v) is 2.76.